The number of hydrogen-bond acceptors (Lipinski definition) is 7. The van der Waals surface area contributed by atoms with Gasteiger partial charge in [0.15, 0.2) is 11.5 Å². The van der Waals surface area contributed by atoms with Crippen molar-refractivity contribution in [2.24, 2.45) is 0 Å². The lowest BCUT2D eigenvalue weighted by Crippen LogP contribution is -2.34. The summed E-state index contributed by atoms with van der Waals surface area (Å²) in [5.41, 5.74) is 1.71. The van der Waals surface area contributed by atoms with Crippen molar-refractivity contribution in [2.45, 2.75) is 6.61 Å². The Kier molecular flexibility index (Phi) is 6.65. The standard InChI is InChI=1S/C25H21NO6S/c1-30-21-12-16(13-22-24(28)26(25(29)33-22)14-23(27)31-2)10-11-20(21)32-15-18-8-5-7-17-6-3-4-9-19(17)18/h3-13H,14-15H2,1-2H3/b22-13-. The largest absolute Gasteiger partial charge is 0.493 e. The molecule has 0 N–H and O–H groups in total. The number of benzene rings is 3. The number of fused-ring (bicyclic) bond motifs is 1. The van der Waals surface area contributed by atoms with E-state index in [1.807, 2.05) is 24.3 Å². The Morgan fingerprint density at radius 3 is 2.58 bits per heavy atom. The van der Waals surface area contributed by atoms with Crippen molar-refractivity contribution < 1.29 is 28.6 Å². The Labute approximate surface area is 194 Å². The molecule has 0 bridgehead atoms. The number of ether oxygens (including phenoxy) is 3. The van der Waals surface area contributed by atoms with Gasteiger partial charge in [0, 0.05) is 0 Å². The van der Waals surface area contributed by atoms with Gasteiger partial charge in [0.2, 0.25) is 0 Å². The minimum atomic E-state index is -0.659. The molecule has 0 aromatic heterocycles. The molecule has 0 radical (unpaired) electrons. The predicted molar refractivity (Wildman–Crippen MR) is 126 cm³/mol. The summed E-state index contributed by atoms with van der Waals surface area (Å²) in [5.74, 6) is -0.141. The van der Waals surface area contributed by atoms with Crippen molar-refractivity contribution in [3.8, 4) is 11.5 Å². The average Bonchev–Trinajstić information content (AvgIpc) is 3.10. The molecule has 7 nitrogen and oxygen atoms in total. The number of methoxy groups -OCH3 is 2. The summed E-state index contributed by atoms with van der Waals surface area (Å²) in [4.78, 5) is 37.1. The Morgan fingerprint density at radius 2 is 1.79 bits per heavy atom. The van der Waals surface area contributed by atoms with Gasteiger partial charge in [-0.1, -0.05) is 48.5 Å². The molecule has 0 aliphatic carbocycles. The maximum atomic E-state index is 12.5. The SMILES string of the molecule is COC(=O)CN1C(=O)S/C(=C\c2ccc(OCc3cccc4ccccc34)c(OC)c2)C1=O. The third-order valence-corrected chi connectivity index (χ3v) is 6.04. The van der Waals surface area contributed by atoms with Gasteiger partial charge in [0.1, 0.15) is 13.2 Å². The van der Waals surface area contributed by atoms with Crippen LogP contribution >= 0.6 is 11.8 Å². The quantitative estimate of drug-likeness (QED) is 0.373. The van der Waals surface area contributed by atoms with Crippen LogP contribution in [-0.2, 0) is 20.9 Å². The van der Waals surface area contributed by atoms with Gasteiger partial charge in [-0.3, -0.25) is 19.3 Å². The van der Waals surface area contributed by atoms with Gasteiger partial charge in [-0.25, -0.2) is 0 Å². The van der Waals surface area contributed by atoms with Gasteiger partial charge in [-0.05, 0) is 51.9 Å². The minimum absolute atomic E-state index is 0.218. The molecule has 2 amide bonds. The monoisotopic (exact) mass is 463 g/mol. The van der Waals surface area contributed by atoms with Crippen molar-refractivity contribution in [1.82, 2.24) is 4.90 Å². The molecule has 168 valence electrons. The highest BCUT2D eigenvalue weighted by Crippen LogP contribution is 2.35. The summed E-state index contributed by atoms with van der Waals surface area (Å²) in [5, 5.41) is 1.75. The number of carbonyl (C=O) groups excluding carboxylic acids is 3. The summed E-state index contributed by atoms with van der Waals surface area (Å²) in [6.45, 7) is -0.0494. The number of thioether (sulfide) groups is 1. The number of amides is 2. The van der Waals surface area contributed by atoms with E-state index in [-0.39, 0.29) is 4.91 Å². The van der Waals surface area contributed by atoms with Gasteiger partial charge in [-0.15, -0.1) is 0 Å². The molecule has 1 heterocycles. The summed E-state index contributed by atoms with van der Waals surface area (Å²) in [7, 11) is 2.74. The van der Waals surface area contributed by atoms with E-state index < -0.39 is 23.7 Å². The van der Waals surface area contributed by atoms with Crippen LogP contribution in [0.3, 0.4) is 0 Å². The van der Waals surface area contributed by atoms with Gasteiger partial charge < -0.3 is 14.2 Å². The van der Waals surface area contributed by atoms with Crippen LogP contribution in [0.1, 0.15) is 11.1 Å². The second-order valence-electron chi connectivity index (χ2n) is 7.18. The van der Waals surface area contributed by atoms with E-state index in [9.17, 15) is 14.4 Å². The van der Waals surface area contributed by atoms with E-state index >= 15 is 0 Å². The normalized spacial score (nSPS) is 14.7. The molecule has 0 saturated carbocycles. The van der Waals surface area contributed by atoms with E-state index in [1.165, 1.54) is 14.2 Å². The highest BCUT2D eigenvalue weighted by atomic mass is 32.2. The van der Waals surface area contributed by atoms with Crippen molar-refractivity contribution in [3.05, 3.63) is 76.7 Å². The van der Waals surface area contributed by atoms with Crippen molar-refractivity contribution in [1.29, 1.82) is 0 Å². The van der Waals surface area contributed by atoms with Crippen molar-refractivity contribution in [2.75, 3.05) is 20.8 Å². The molecule has 1 saturated heterocycles. The highest BCUT2D eigenvalue weighted by molar-refractivity contribution is 8.18. The van der Waals surface area contributed by atoms with Gasteiger partial charge >= 0.3 is 5.97 Å². The first-order valence-corrected chi connectivity index (χ1v) is 10.9. The Hall–Kier alpha value is -3.78. The van der Waals surface area contributed by atoms with E-state index in [0.29, 0.717) is 23.7 Å². The van der Waals surface area contributed by atoms with Gasteiger partial charge in [0.25, 0.3) is 11.1 Å². The predicted octanol–water partition coefficient (Wildman–Crippen LogP) is 4.64. The number of carbonyl (C=O) groups is 3. The van der Waals surface area contributed by atoms with Crippen LogP contribution < -0.4 is 9.47 Å². The molecule has 8 heteroatoms. The van der Waals surface area contributed by atoms with E-state index in [1.54, 1.807) is 24.3 Å². The fourth-order valence-electron chi connectivity index (χ4n) is 3.45. The summed E-state index contributed by atoms with van der Waals surface area (Å²) < 4.78 is 16.0. The zero-order valence-electron chi connectivity index (χ0n) is 18.1. The fourth-order valence-corrected chi connectivity index (χ4v) is 4.29. The molecule has 1 fully saturated rings. The third kappa shape index (κ3) is 4.85. The van der Waals surface area contributed by atoms with E-state index in [4.69, 9.17) is 9.47 Å². The highest BCUT2D eigenvalue weighted by Gasteiger charge is 2.36. The van der Waals surface area contributed by atoms with Crippen LogP contribution in [0.2, 0.25) is 0 Å². The van der Waals surface area contributed by atoms with Crippen LogP contribution in [0, 0.1) is 0 Å². The summed E-state index contributed by atoms with van der Waals surface area (Å²) >= 11 is 0.774. The van der Waals surface area contributed by atoms with Gasteiger partial charge in [0.05, 0.1) is 19.1 Å². The van der Waals surface area contributed by atoms with Crippen LogP contribution in [0.5, 0.6) is 11.5 Å². The molecule has 3 aromatic carbocycles. The molecule has 0 unspecified atom stereocenters. The maximum Gasteiger partial charge on any atom is 0.325 e. The maximum absolute atomic E-state index is 12.5. The van der Waals surface area contributed by atoms with E-state index in [0.717, 1.165) is 33.0 Å². The molecule has 33 heavy (non-hydrogen) atoms. The van der Waals surface area contributed by atoms with Crippen molar-refractivity contribution in [3.63, 3.8) is 0 Å². The Balaban J connectivity index is 1.52. The smallest absolute Gasteiger partial charge is 0.325 e. The summed E-state index contributed by atoms with van der Waals surface area (Å²) in [6, 6.07) is 19.4. The average molecular weight is 464 g/mol. The van der Waals surface area contributed by atoms with Crippen LogP contribution in [0.25, 0.3) is 16.8 Å². The molecular formula is C25H21NO6S. The lowest BCUT2D eigenvalue weighted by molar-refractivity contribution is -0.143. The number of esters is 1. The molecule has 0 spiro atoms. The molecule has 3 aromatic rings. The topological polar surface area (TPSA) is 82.1 Å². The lowest BCUT2D eigenvalue weighted by atomic mass is 10.1. The Morgan fingerprint density at radius 1 is 1.00 bits per heavy atom. The zero-order valence-corrected chi connectivity index (χ0v) is 18.9. The van der Waals surface area contributed by atoms with Crippen LogP contribution in [0.4, 0.5) is 4.79 Å². The molecule has 1 aliphatic rings. The first-order chi connectivity index (χ1) is 16.0. The molecular weight excluding hydrogens is 442 g/mol. The molecule has 1 aliphatic heterocycles. The Bertz CT molecular complexity index is 1260. The number of imide groups is 1. The fraction of sp³-hybridized carbons (Fsp3) is 0.160. The number of rotatable bonds is 7. The number of hydrogen-bond donors (Lipinski definition) is 0. The van der Waals surface area contributed by atoms with Gasteiger partial charge in [-0.2, -0.15) is 0 Å². The van der Waals surface area contributed by atoms with Crippen molar-refractivity contribution >= 4 is 45.7 Å². The lowest BCUT2D eigenvalue weighted by Gasteiger charge is -2.13. The molecule has 0 atom stereocenters. The number of nitrogens with zero attached hydrogens (tertiary/aromatic N) is 1. The summed E-state index contributed by atoms with van der Waals surface area (Å²) in [6.07, 6.45) is 1.58. The minimum Gasteiger partial charge on any atom is -0.493 e. The zero-order chi connectivity index (χ0) is 23.4. The third-order valence-electron chi connectivity index (χ3n) is 5.14. The van der Waals surface area contributed by atoms with Crippen LogP contribution in [0.15, 0.2) is 65.6 Å². The van der Waals surface area contributed by atoms with E-state index in [2.05, 4.69) is 22.9 Å². The first kappa shape index (κ1) is 22.4. The first-order valence-electron chi connectivity index (χ1n) is 10.1. The molecule has 4 rings (SSSR count). The van der Waals surface area contributed by atoms with Crippen LogP contribution in [-0.4, -0.2) is 42.8 Å². The second kappa shape index (κ2) is 9.79. The second-order valence-corrected chi connectivity index (χ2v) is 8.17.